The topological polar surface area (TPSA) is 75.4 Å². The highest BCUT2D eigenvalue weighted by molar-refractivity contribution is 6.02. The Kier molecular flexibility index (Phi) is 3.57. The van der Waals surface area contributed by atoms with Gasteiger partial charge in [-0.15, -0.1) is 0 Å². The van der Waals surface area contributed by atoms with Crippen molar-refractivity contribution in [1.29, 1.82) is 0 Å². The predicted molar refractivity (Wildman–Crippen MR) is 73.8 cm³/mol. The number of rotatable bonds is 3. The van der Waals surface area contributed by atoms with E-state index in [4.69, 9.17) is 5.73 Å². The van der Waals surface area contributed by atoms with Gasteiger partial charge in [0.25, 0.3) is 0 Å². The van der Waals surface area contributed by atoms with Crippen LogP contribution in [0.4, 0.5) is 5.69 Å². The van der Waals surface area contributed by atoms with Gasteiger partial charge in [-0.1, -0.05) is 18.2 Å². The molecule has 2 rings (SSSR count). The molecule has 5 heteroatoms. The van der Waals surface area contributed by atoms with Crippen LogP contribution in [0.15, 0.2) is 24.3 Å². The van der Waals surface area contributed by atoms with Crippen molar-refractivity contribution in [3.63, 3.8) is 0 Å². The molecule has 0 spiro atoms. The number of piperazine rings is 1. The number of para-hydroxylation sites is 1. The zero-order valence-corrected chi connectivity index (χ0v) is 11.3. The highest BCUT2D eigenvalue weighted by Crippen LogP contribution is 2.24. The summed E-state index contributed by atoms with van der Waals surface area (Å²) in [7, 11) is 0. The minimum Gasteiger partial charge on any atom is -0.353 e. The molecule has 0 unspecified atom stereocenters. The lowest BCUT2D eigenvalue weighted by Crippen LogP contribution is -2.51. The Balaban J connectivity index is 2.29. The van der Waals surface area contributed by atoms with Gasteiger partial charge in [0.15, 0.2) is 0 Å². The molecule has 0 saturated carbocycles. The number of carbonyl (C=O) groups is 2. The summed E-state index contributed by atoms with van der Waals surface area (Å²) >= 11 is 0. The third-order valence-electron chi connectivity index (χ3n) is 2.93. The molecule has 0 aliphatic carbocycles. The van der Waals surface area contributed by atoms with Gasteiger partial charge in [0.2, 0.25) is 11.8 Å². The molecular weight excluding hydrogens is 242 g/mol. The second kappa shape index (κ2) is 5.01. The van der Waals surface area contributed by atoms with Crippen LogP contribution in [-0.4, -0.2) is 30.4 Å². The summed E-state index contributed by atoms with van der Waals surface area (Å²) in [6, 6.07) is 7.75. The van der Waals surface area contributed by atoms with Gasteiger partial charge in [0.1, 0.15) is 0 Å². The summed E-state index contributed by atoms with van der Waals surface area (Å²) < 4.78 is 0. The molecule has 3 N–H and O–H groups in total. The standard InChI is InChI=1S/C14H19N3O2/c1-14(2,15)7-10-5-3-4-6-11(10)17-8-12(18)16-13(19)9-17/h3-6H,7-9,15H2,1-2H3,(H,16,18,19). The van der Waals surface area contributed by atoms with Crippen molar-refractivity contribution in [3.05, 3.63) is 29.8 Å². The van der Waals surface area contributed by atoms with Crippen LogP contribution in [0.5, 0.6) is 0 Å². The zero-order valence-electron chi connectivity index (χ0n) is 11.3. The fourth-order valence-electron chi connectivity index (χ4n) is 2.27. The first-order valence-corrected chi connectivity index (χ1v) is 6.29. The average molecular weight is 261 g/mol. The molecule has 0 radical (unpaired) electrons. The first-order valence-electron chi connectivity index (χ1n) is 6.29. The maximum atomic E-state index is 11.5. The largest absolute Gasteiger partial charge is 0.353 e. The summed E-state index contributed by atoms with van der Waals surface area (Å²) in [4.78, 5) is 24.7. The molecule has 19 heavy (non-hydrogen) atoms. The van der Waals surface area contributed by atoms with E-state index in [-0.39, 0.29) is 30.4 Å². The van der Waals surface area contributed by atoms with Crippen molar-refractivity contribution in [2.24, 2.45) is 5.73 Å². The Morgan fingerprint density at radius 1 is 1.21 bits per heavy atom. The number of hydrogen-bond donors (Lipinski definition) is 2. The maximum Gasteiger partial charge on any atom is 0.246 e. The van der Waals surface area contributed by atoms with E-state index >= 15 is 0 Å². The summed E-state index contributed by atoms with van der Waals surface area (Å²) in [6.07, 6.45) is 0.690. The van der Waals surface area contributed by atoms with Crippen LogP contribution in [-0.2, 0) is 16.0 Å². The Morgan fingerprint density at radius 2 is 1.79 bits per heavy atom. The first kappa shape index (κ1) is 13.5. The molecule has 2 amide bonds. The second-order valence-corrected chi connectivity index (χ2v) is 5.62. The van der Waals surface area contributed by atoms with E-state index in [0.717, 1.165) is 11.3 Å². The SMILES string of the molecule is CC(C)(N)Cc1ccccc1N1CC(=O)NC(=O)C1. The van der Waals surface area contributed by atoms with Gasteiger partial charge in [0, 0.05) is 11.2 Å². The third kappa shape index (κ3) is 3.54. The number of nitrogens with one attached hydrogen (secondary N) is 1. The van der Waals surface area contributed by atoms with Gasteiger partial charge < -0.3 is 10.6 Å². The molecule has 102 valence electrons. The predicted octanol–water partition coefficient (Wildman–Crippen LogP) is 0.429. The van der Waals surface area contributed by atoms with Crippen LogP contribution < -0.4 is 16.0 Å². The molecule has 1 aromatic rings. The molecule has 0 bridgehead atoms. The number of hydrogen-bond acceptors (Lipinski definition) is 4. The fraction of sp³-hybridized carbons (Fsp3) is 0.429. The van der Waals surface area contributed by atoms with E-state index in [1.807, 2.05) is 38.1 Å². The Hall–Kier alpha value is -1.88. The van der Waals surface area contributed by atoms with Crippen LogP contribution in [0.1, 0.15) is 19.4 Å². The summed E-state index contributed by atoms with van der Waals surface area (Å²) in [6.45, 7) is 4.32. The van der Waals surface area contributed by atoms with E-state index in [9.17, 15) is 9.59 Å². The van der Waals surface area contributed by atoms with Crippen molar-refractivity contribution in [2.75, 3.05) is 18.0 Å². The van der Waals surface area contributed by atoms with Crippen molar-refractivity contribution in [2.45, 2.75) is 25.8 Å². The Bertz CT molecular complexity index is 490. The van der Waals surface area contributed by atoms with Crippen LogP contribution in [0.3, 0.4) is 0 Å². The smallest absolute Gasteiger partial charge is 0.246 e. The third-order valence-corrected chi connectivity index (χ3v) is 2.93. The number of amides is 2. The van der Waals surface area contributed by atoms with Gasteiger partial charge in [-0.2, -0.15) is 0 Å². The van der Waals surface area contributed by atoms with Gasteiger partial charge in [-0.3, -0.25) is 14.9 Å². The fourth-order valence-corrected chi connectivity index (χ4v) is 2.27. The van der Waals surface area contributed by atoms with Crippen molar-refractivity contribution in [1.82, 2.24) is 5.32 Å². The normalized spacial score (nSPS) is 16.5. The molecule has 1 aromatic carbocycles. The lowest BCUT2D eigenvalue weighted by atomic mass is 9.94. The monoisotopic (exact) mass is 261 g/mol. The average Bonchev–Trinajstić information content (AvgIpc) is 2.26. The molecule has 0 aromatic heterocycles. The zero-order chi connectivity index (χ0) is 14.0. The van der Waals surface area contributed by atoms with Crippen molar-refractivity contribution in [3.8, 4) is 0 Å². The highest BCUT2D eigenvalue weighted by atomic mass is 16.2. The van der Waals surface area contributed by atoms with Crippen LogP contribution >= 0.6 is 0 Å². The van der Waals surface area contributed by atoms with E-state index in [1.54, 1.807) is 4.90 Å². The number of nitrogens with zero attached hydrogens (tertiary/aromatic N) is 1. The Labute approximate surface area is 112 Å². The minimum atomic E-state index is -0.335. The number of imide groups is 1. The molecule has 5 nitrogen and oxygen atoms in total. The van der Waals surface area contributed by atoms with Gasteiger partial charge >= 0.3 is 0 Å². The van der Waals surface area contributed by atoms with E-state index in [1.165, 1.54) is 0 Å². The molecular formula is C14H19N3O2. The van der Waals surface area contributed by atoms with E-state index in [2.05, 4.69) is 5.32 Å². The quantitative estimate of drug-likeness (QED) is 0.774. The number of carbonyl (C=O) groups excluding carboxylic acids is 2. The van der Waals surface area contributed by atoms with Crippen molar-refractivity contribution < 1.29 is 9.59 Å². The number of benzene rings is 1. The van der Waals surface area contributed by atoms with Crippen LogP contribution in [0.25, 0.3) is 0 Å². The van der Waals surface area contributed by atoms with Gasteiger partial charge in [0.05, 0.1) is 13.1 Å². The lowest BCUT2D eigenvalue weighted by Gasteiger charge is -2.30. The maximum absolute atomic E-state index is 11.5. The van der Waals surface area contributed by atoms with Gasteiger partial charge in [-0.05, 0) is 31.9 Å². The lowest BCUT2D eigenvalue weighted by molar-refractivity contribution is -0.130. The second-order valence-electron chi connectivity index (χ2n) is 5.62. The number of nitrogens with two attached hydrogens (primary N) is 1. The molecule has 1 saturated heterocycles. The Morgan fingerprint density at radius 3 is 2.37 bits per heavy atom. The van der Waals surface area contributed by atoms with Crippen molar-refractivity contribution >= 4 is 17.5 Å². The molecule has 1 fully saturated rings. The van der Waals surface area contributed by atoms with Gasteiger partial charge in [-0.25, -0.2) is 0 Å². The molecule has 0 atom stereocenters. The van der Waals surface area contributed by atoms with E-state index in [0.29, 0.717) is 6.42 Å². The molecule has 1 aliphatic heterocycles. The first-order chi connectivity index (χ1) is 8.85. The van der Waals surface area contributed by atoms with Crippen LogP contribution in [0, 0.1) is 0 Å². The van der Waals surface area contributed by atoms with Crippen LogP contribution in [0.2, 0.25) is 0 Å². The minimum absolute atomic E-state index is 0.202. The summed E-state index contributed by atoms with van der Waals surface area (Å²) in [5, 5.41) is 2.30. The van der Waals surface area contributed by atoms with E-state index < -0.39 is 0 Å². The number of anilines is 1. The molecule has 1 heterocycles. The summed E-state index contributed by atoms with van der Waals surface area (Å²) in [5.41, 5.74) is 7.68. The highest BCUT2D eigenvalue weighted by Gasteiger charge is 2.25. The summed E-state index contributed by atoms with van der Waals surface area (Å²) in [5.74, 6) is -0.531. The molecule has 1 aliphatic rings.